The minimum atomic E-state index is -0.435. The maximum atomic E-state index is 11.7. The highest BCUT2D eigenvalue weighted by molar-refractivity contribution is 5.90. The largest absolute Gasteiger partial charge is 0.394 e. The van der Waals surface area contributed by atoms with E-state index in [2.05, 4.69) is 20.5 Å². The van der Waals surface area contributed by atoms with Gasteiger partial charge in [-0.15, -0.1) is 5.10 Å². The highest BCUT2D eigenvalue weighted by Gasteiger charge is 2.28. The lowest BCUT2D eigenvalue weighted by atomic mass is 10.3. The summed E-state index contributed by atoms with van der Waals surface area (Å²) < 4.78 is 4.86. The Hall–Kier alpha value is -1.47. The van der Waals surface area contributed by atoms with E-state index in [0.29, 0.717) is 5.92 Å². The minimum Gasteiger partial charge on any atom is -0.394 e. The molecule has 1 aromatic rings. The van der Waals surface area contributed by atoms with Gasteiger partial charge < -0.3 is 15.2 Å². The topological polar surface area (TPSA) is 100 Å². The monoisotopic (exact) mass is 240 g/mol. The lowest BCUT2D eigenvalue weighted by Gasteiger charge is -2.13. The fraction of sp³-hybridized carbons (Fsp3) is 0.700. The van der Waals surface area contributed by atoms with Gasteiger partial charge in [-0.1, -0.05) is 0 Å². The Labute approximate surface area is 98.6 Å². The van der Waals surface area contributed by atoms with Crippen LogP contribution in [0.15, 0.2) is 0 Å². The molecular weight excluding hydrogens is 224 g/mol. The second kappa shape index (κ2) is 5.24. The van der Waals surface area contributed by atoms with Crippen LogP contribution in [0.1, 0.15) is 35.2 Å². The van der Waals surface area contributed by atoms with Crippen LogP contribution in [0.2, 0.25) is 0 Å². The van der Waals surface area contributed by atoms with Gasteiger partial charge in [0.15, 0.2) is 0 Å². The first-order valence-corrected chi connectivity index (χ1v) is 5.57. The molecule has 1 atom stereocenters. The van der Waals surface area contributed by atoms with E-state index in [1.807, 2.05) is 0 Å². The highest BCUT2D eigenvalue weighted by atomic mass is 16.5. The predicted octanol–water partition coefficient (Wildman–Crippen LogP) is -0.581. The number of aliphatic hydroxyl groups is 1. The number of carbonyl (C=O) groups excluding carboxylic acids is 1. The van der Waals surface area contributed by atoms with Crippen LogP contribution in [-0.4, -0.2) is 52.6 Å². The maximum absolute atomic E-state index is 11.7. The number of hydrogen-bond acceptors (Lipinski definition) is 5. The van der Waals surface area contributed by atoms with Crippen LogP contribution in [-0.2, 0) is 4.74 Å². The van der Waals surface area contributed by atoms with E-state index in [-0.39, 0.29) is 19.0 Å². The number of aromatic nitrogens is 3. The van der Waals surface area contributed by atoms with Gasteiger partial charge in [0.2, 0.25) is 5.82 Å². The third kappa shape index (κ3) is 3.01. The molecule has 0 bridgehead atoms. The maximum Gasteiger partial charge on any atom is 0.291 e. The van der Waals surface area contributed by atoms with E-state index >= 15 is 0 Å². The van der Waals surface area contributed by atoms with Gasteiger partial charge in [0.05, 0.1) is 19.3 Å². The number of aromatic amines is 1. The van der Waals surface area contributed by atoms with Crippen LogP contribution in [0, 0.1) is 0 Å². The van der Waals surface area contributed by atoms with Crippen molar-refractivity contribution in [3.8, 4) is 0 Å². The van der Waals surface area contributed by atoms with Crippen molar-refractivity contribution in [3.05, 3.63) is 11.6 Å². The summed E-state index contributed by atoms with van der Waals surface area (Å²) in [5.41, 5.74) is 0. The molecule has 0 aromatic carbocycles. The summed E-state index contributed by atoms with van der Waals surface area (Å²) in [4.78, 5) is 15.8. The van der Waals surface area contributed by atoms with Crippen molar-refractivity contribution < 1.29 is 14.6 Å². The first-order valence-electron chi connectivity index (χ1n) is 5.57. The van der Waals surface area contributed by atoms with E-state index in [1.165, 1.54) is 7.11 Å². The molecule has 1 amide bonds. The van der Waals surface area contributed by atoms with Crippen LogP contribution in [0.4, 0.5) is 0 Å². The van der Waals surface area contributed by atoms with Crippen LogP contribution in [0.5, 0.6) is 0 Å². The van der Waals surface area contributed by atoms with Crippen molar-refractivity contribution in [2.24, 2.45) is 0 Å². The van der Waals surface area contributed by atoms with Crippen molar-refractivity contribution in [2.45, 2.75) is 24.8 Å². The van der Waals surface area contributed by atoms with E-state index in [0.717, 1.165) is 18.7 Å². The van der Waals surface area contributed by atoms with E-state index in [1.54, 1.807) is 0 Å². The Kier molecular flexibility index (Phi) is 3.70. The van der Waals surface area contributed by atoms with E-state index < -0.39 is 11.9 Å². The van der Waals surface area contributed by atoms with Gasteiger partial charge in [-0.2, -0.15) is 0 Å². The molecular formula is C10H16N4O3. The zero-order valence-electron chi connectivity index (χ0n) is 9.64. The number of nitrogens with zero attached hydrogens (tertiary/aromatic N) is 2. The summed E-state index contributed by atoms with van der Waals surface area (Å²) >= 11 is 0. The normalized spacial score (nSPS) is 16.8. The third-order valence-corrected chi connectivity index (χ3v) is 2.59. The van der Waals surface area contributed by atoms with Crippen molar-refractivity contribution in [1.29, 1.82) is 0 Å². The average molecular weight is 240 g/mol. The average Bonchev–Trinajstić information content (AvgIpc) is 3.06. The number of methoxy groups -OCH3 is 1. The molecule has 1 fully saturated rings. The molecule has 17 heavy (non-hydrogen) atoms. The van der Waals surface area contributed by atoms with Gasteiger partial charge in [-0.25, -0.2) is 4.98 Å². The standard InChI is InChI=1S/C10H16N4O3/c1-17-5-7(4-15)11-10(16)9-12-8(13-14-9)6-2-3-6/h6-7,15H,2-5H2,1H3,(H,11,16)(H,12,13,14). The molecule has 7 nitrogen and oxygen atoms in total. The third-order valence-electron chi connectivity index (χ3n) is 2.59. The van der Waals surface area contributed by atoms with E-state index in [9.17, 15) is 4.79 Å². The molecule has 0 saturated heterocycles. The van der Waals surface area contributed by atoms with Crippen LogP contribution in [0.25, 0.3) is 0 Å². The Balaban J connectivity index is 1.93. The first-order chi connectivity index (χ1) is 8.24. The second-order valence-electron chi connectivity index (χ2n) is 4.13. The highest BCUT2D eigenvalue weighted by Crippen LogP contribution is 2.37. The Morgan fingerprint density at radius 2 is 2.47 bits per heavy atom. The summed E-state index contributed by atoms with van der Waals surface area (Å²) in [6.07, 6.45) is 2.19. The van der Waals surface area contributed by atoms with Crippen LogP contribution < -0.4 is 5.32 Å². The number of ether oxygens (including phenoxy) is 1. The number of aliphatic hydroxyl groups excluding tert-OH is 1. The lowest BCUT2D eigenvalue weighted by molar-refractivity contribution is 0.0830. The number of rotatable bonds is 6. The molecule has 1 aliphatic rings. The summed E-state index contributed by atoms with van der Waals surface area (Å²) in [6.45, 7) is 0.0711. The molecule has 1 heterocycles. The van der Waals surface area contributed by atoms with Gasteiger partial charge in [0.1, 0.15) is 5.82 Å². The van der Waals surface area contributed by atoms with Gasteiger partial charge >= 0.3 is 0 Å². The molecule has 0 radical (unpaired) electrons. The fourth-order valence-electron chi connectivity index (χ4n) is 1.51. The molecule has 3 N–H and O–H groups in total. The fourth-order valence-corrected chi connectivity index (χ4v) is 1.51. The summed E-state index contributed by atoms with van der Waals surface area (Å²) in [5, 5.41) is 18.2. The number of nitrogens with one attached hydrogen (secondary N) is 2. The zero-order chi connectivity index (χ0) is 12.3. The molecule has 0 aliphatic heterocycles. The van der Waals surface area contributed by atoms with Crippen molar-refractivity contribution in [1.82, 2.24) is 20.5 Å². The quantitative estimate of drug-likeness (QED) is 0.617. The van der Waals surface area contributed by atoms with Gasteiger partial charge in [-0.05, 0) is 12.8 Å². The number of hydrogen-bond donors (Lipinski definition) is 3. The Morgan fingerprint density at radius 3 is 3.06 bits per heavy atom. The molecule has 0 spiro atoms. The molecule has 94 valence electrons. The molecule has 1 unspecified atom stereocenters. The SMILES string of the molecule is COCC(CO)NC(=O)c1n[nH]c(C2CC2)n1. The van der Waals surface area contributed by atoms with E-state index in [4.69, 9.17) is 9.84 Å². The Bertz CT molecular complexity index is 389. The zero-order valence-corrected chi connectivity index (χ0v) is 9.64. The first kappa shape index (κ1) is 12.0. The summed E-state index contributed by atoms with van der Waals surface area (Å²) in [5.74, 6) is 0.907. The van der Waals surface area contributed by atoms with Crippen molar-refractivity contribution in [3.63, 3.8) is 0 Å². The lowest BCUT2D eigenvalue weighted by Crippen LogP contribution is -2.41. The van der Waals surface area contributed by atoms with Crippen molar-refractivity contribution >= 4 is 5.91 Å². The second-order valence-corrected chi connectivity index (χ2v) is 4.13. The summed E-state index contributed by atoms with van der Waals surface area (Å²) in [7, 11) is 1.51. The smallest absolute Gasteiger partial charge is 0.291 e. The van der Waals surface area contributed by atoms with Crippen LogP contribution >= 0.6 is 0 Å². The number of H-pyrrole nitrogens is 1. The van der Waals surface area contributed by atoms with Gasteiger partial charge in [0.25, 0.3) is 5.91 Å². The van der Waals surface area contributed by atoms with Crippen molar-refractivity contribution in [2.75, 3.05) is 20.3 Å². The van der Waals surface area contributed by atoms with Crippen LogP contribution in [0.3, 0.4) is 0 Å². The minimum absolute atomic E-state index is 0.112. The number of amides is 1. The molecule has 1 aromatic heterocycles. The molecule has 2 rings (SSSR count). The molecule has 1 aliphatic carbocycles. The Morgan fingerprint density at radius 1 is 1.71 bits per heavy atom. The van der Waals surface area contributed by atoms with Gasteiger partial charge in [-0.3, -0.25) is 9.89 Å². The predicted molar refractivity (Wildman–Crippen MR) is 58.6 cm³/mol. The summed E-state index contributed by atoms with van der Waals surface area (Å²) in [6, 6.07) is -0.435. The number of carbonyl (C=O) groups is 1. The molecule has 7 heteroatoms. The molecule has 1 saturated carbocycles. The van der Waals surface area contributed by atoms with Gasteiger partial charge in [0, 0.05) is 13.0 Å².